The van der Waals surface area contributed by atoms with Gasteiger partial charge in [-0.3, -0.25) is 0 Å². The van der Waals surface area contributed by atoms with E-state index in [1.165, 1.54) is 0 Å². The second-order valence-electron chi connectivity index (χ2n) is 3.70. The van der Waals surface area contributed by atoms with Crippen LogP contribution in [0, 0.1) is 0 Å². The van der Waals surface area contributed by atoms with Gasteiger partial charge in [0.15, 0.2) is 5.65 Å². The Labute approximate surface area is 106 Å². The second kappa shape index (κ2) is 3.85. The molecule has 0 atom stereocenters. The van der Waals surface area contributed by atoms with E-state index < -0.39 is 0 Å². The quantitative estimate of drug-likeness (QED) is 0.749. The molecule has 0 spiro atoms. The molecule has 0 aliphatic rings. The van der Waals surface area contributed by atoms with Crippen LogP contribution in [0.4, 0.5) is 5.69 Å². The van der Waals surface area contributed by atoms with Crippen LogP contribution in [0.2, 0.25) is 0 Å². The Bertz CT molecular complexity index is 690. The molecule has 1 aromatic carbocycles. The molecule has 0 aliphatic carbocycles. The van der Waals surface area contributed by atoms with Crippen molar-refractivity contribution < 1.29 is 0 Å². The lowest BCUT2D eigenvalue weighted by Gasteiger charge is -1.98. The lowest BCUT2D eigenvalue weighted by molar-refractivity contribution is 0.946. The molecule has 2 N–H and O–H groups in total. The first kappa shape index (κ1) is 10.3. The fraction of sp³-hybridized carbons (Fsp3) is 0. The highest BCUT2D eigenvalue weighted by Gasteiger charge is 2.07. The predicted molar refractivity (Wildman–Crippen MR) is 70.5 cm³/mol. The largest absolute Gasteiger partial charge is 0.396 e. The minimum atomic E-state index is 0.597. The molecule has 3 aromatic rings. The van der Waals surface area contributed by atoms with Crippen LogP contribution in [0.5, 0.6) is 0 Å². The number of fused-ring (bicyclic) bond motifs is 1. The Balaban J connectivity index is 2.22. The van der Waals surface area contributed by atoms with E-state index in [0.29, 0.717) is 5.69 Å². The Kier molecular flexibility index (Phi) is 2.33. The third-order valence-electron chi connectivity index (χ3n) is 2.48. The molecule has 84 valence electrons. The van der Waals surface area contributed by atoms with Gasteiger partial charge in [-0.25, -0.2) is 9.50 Å². The zero-order chi connectivity index (χ0) is 11.8. The van der Waals surface area contributed by atoms with Crippen molar-refractivity contribution >= 4 is 27.3 Å². The summed E-state index contributed by atoms with van der Waals surface area (Å²) in [5, 5.41) is 4.45. The first-order chi connectivity index (χ1) is 8.24. The van der Waals surface area contributed by atoms with Crippen molar-refractivity contribution in [2.75, 3.05) is 5.73 Å². The van der Waals surface area contributed by atoms with E-state index in [9.17, 15) is 0 Å². The number of hydrogen-bond donors (Lipinski definition) is 1. The fourth-order valence-electron chi connectivity index (χ4n) is 1.69. The van der Waals surface area contributed by atoms with Crippen LogP contribution in [0.1, 0.15) is 0 Å². The van der Waals surface area contributed by atoms with E-state index in [0.717, 1.165) is 21.4 Å². The smallest absolute Gasteiger partial charge is 0.155 e. The van der Waals surface area contributed by atoms with Gasteiger partial charge in [-0.05, 0) is 6.07 Å². The molecule has 2 aromatic heterocycles. The molecule has 0 amide bonds. The molecular weight excluding hydrogens is 280 g/mol. The van der Waals surface area contributed by atoms with Gasteiger partial charge in [-0.1, -0.05) is 34.1 Å². The molecule has 5 heteroatoms. The maximum atomic E-state index is 5.67. The van der Waals surface area contributed by atoms with E-state index in [2.05, 4.69) is 26.0 Å². The van der Waals surface area contributed by atoms with Gasteiger partial charge in [0.25, 0.3) is 0 Å². The van der Waals surface area contributed by atoms with Crippen molar-refractivity contribution in [3.63, 3.8) is 0 Å². The Morgan fingerprint density at radius 2 is 2.06 bits per heavy atom. The first-order valence-electron chi connectivity index (χ1n) is 5.10. The molecule has 0 bridgehead atoms. The SMILES string of the molecule is Nc1cnc2cc(-c3ccccc3Br)nn2c1. The van der Waals surface area contributed by atoms with Gasteiger partial charge in [0.2, 0.25) is 0 Å². The number of nitrogens with two attached hydrogens (primary N) is 1. The molecule has 3 rings (SSSR count). The summed E-state index contributed by atoms with van der Waals surface area (Å²) in [4.78, 5) is 4.22. The molecule has 0 fully saturated rings. The van der Waals surface area contributed by atoms with Crippen LogP contribution in [-0.4, -0.2) is 14.6 Å². The van der Waals surface area contributed by atoms with Crippen molar-refractivity contribution in [2.45, 2.75) is 0 Å². The lowest BCUT2D eigenvalue weighted by Crippen LogP contribution is -1.93. The van der Waals surface area contributed by atoms with Crippen LogP contribution in [0.15, 0.2) is 47.2 Å². The van der Waals surface area contributed by atoms with E-state index in [1.807, 2.05) is 30.3 Å². The second-order valence-corrected chi connectivity index (χ2v) is 4.55. The maximum absolute atomic E-state index is 5.67. The third-order valence-corrected chi connectivity index (χ3v) is 3.17. The molecule has 4 nitrogen and oxygen atoms in total. The standard InChI is InChI=1S/C12H9BrN4/c13-10-4-2-1-3-9(10)11-5-12-15-6-8(14)7-17(12)16-11/h1-7H,14H2. The summed E-state index contributed by atoms with van der Waals surface area (Å²) in [6.45, 7) is 0. The molecule has 17 heavy (non-hydrogen) atoms. The first-order valence-corrected chi connectivity index (χ1v) is 5.89. The number of nitrogen functional groups attached to an aromatic ring is 1. The van der Waals surface area contributed by atoms with Gasteiger partial charge < -0.3 is 5.73 Å². The van der Waals surface area contributed by atoms with Crippen LogP contribution in [0.25, 0.3) is 16.9 Å². The normalized spacial score (nSPS) is 10.9. The van der Waals surface area contributed by atoms with E-state index in [-0.39, 0.29) is 0 Å². The molecule has 0 saturated heterocycles. The number of rotatable bonds is 1. The summed E-state index contributed by atoms with van der Waals surface area (Å²) in [5.41, 5.74) is 8.96. The van der Waals surface area contributed by atoms with E-state index in [4.69, 9.17) is 5.73 Å². The summed E-state index contributed by atoms with van der Waals surface area (Å²) >= 11 is 3.51. The zero-order valence-corrected chi connectivity index (χ0v) is 10.4. The fourth-order valence-corrected chi connectivity index (χ4v) is 2.18. The molecular formula is C12H9BrN4. The molecule has 0 unspecified atom stereocenters. The monoisotopic (exact) mass is 288 g/mol. The number of benzene rings is 1. The van der Waals surface area contributed by atoms with Crippen molar-refractivity contribution in [1.82, 2.24) is 14.6 Å². The highest BCUT2D eigenvalue weighted by molar-refractivity contribution is 9.10. The molecule has 2 heterocycles. The molecule has 0 aliphatic heterocycles. The van der Waals surface area contributed by atoms with Crippen molar-refractivity contribution in [3.8, 4) is 11.3 Å². The van der Waals surface area contributed by atoms with Crippen LogP contribution >= 0.6 is 15.9 Å². The van der Waals surface area contributed by atoms with Crippen LogP contribution < -0.4 is 5.73 Å². The van der Waals surface area contributed by atoms with Crippen molar-refractivity contribution in [1.29, 1.82) is 0 Å². The van der Waals surface area contributed by atoms with Gasteiger partial charge in [0, 0.05) is 16.1 Å². The van der Waals surface area contributed by atoms with Gasteiger partial charge >= 0.3 is 0 Å². The highest BCUT2D eigenvalue weighted by Crippen LogP contribution is 2.27. The van der Waals surface area contributed by atoms with Crippen molar-refractivity contribution in [2.24, 2.45) is 0 Å². The summed E-state index contributed by atoms with van der Waals surface area (Å²) in [6.07, 6.45) is 3.38. The Morgan fingerprint density at radius 1 is 1.24 bits per heavy atom. The number of halogens is 1. The summed E-state index contributed by atoms with van der Waals surface area (Å²) in [7, 11) is 0. The van der Waals surface area contributed by atoms with Gasteiger partial charge in [-0.15, -0.1) is 0 Å². The van der Waals surface area contributed by atoms with Gasteiger partial charge in [0.1, 0.15) is 0 Å². The average Bonchev–Trinajstić information content (AvgIpc) is 2.72. The van der Waals surface area contributed by atoms with Crippen LogP contribution in [-0.2, 0) is 0 Å². The number of hydrogen-bond acceptors (Lipinski definition) is 3. The minimum absolute atomic E-state index is 0.597. The number of aromatic nitrogens is 3. The van der Waals surface area contributed by atoms with Crippen molar-refractivity contribution in [3.05, 3.63) is 47.2 Å². The third kappa shape index (κ3) is 1.78. The Hall–Kier alpha value is -1.88. The minimum Gasteiger partial charge on any atom is -0.396 e. The predicted octanol–water partition coefficient (Wildman–Crippen LogP) is 2.74. The summed E-state index contributed by atoms with van der Waals surface area (Å²) in [6, 6.07) is 9.88. The maximum Gasteiger partial charge on any atom is 0.155 e. The molecule has 0 radical (unpaired) electrons. The molecule has 0 saturated carbocycles. The lowest BCUT2D eigenvalue weighted by atomic mass is 10.2. The van der Waals surface area contributed by atoms with Crippen LogP contribution in [0.3, 0.4) is 0 Å². The summed E-state index contributed by atoms with van der Waals surface area (Å²) in [5.74, 6) is 0. The van der Waals surface area contributed by atoms with Gasteiger partial charge in [0.05, 0.1) is 23.8 Å². The number of anilines is 1. The van der Waals surface area contributed by atoms with Gasteiger partial charge in [-0.2, -0.15) is 5.10 Å². The number of nitrogens with zero attached hydrogens (tertiary/aromatic N) is 3. The topological polar surface area (TPSA) is 56.2 Å². The average molecular weight is 289 g/mol. The van der Waals surface area contributed by atoms with E-state index in [1.54, 1.807) is 16.9 Å². The zero-order valence-electron chi connectivity index (χ0n) is 8.84. The summed E-state index contributed by atoms with van der Waals surface area (Å²) < 4.78 is 2.70. The Morgan fingerprint density at radius 3 is 2.88 bits per heavy atom. The highest BCUT2D eigenvalue weighted by atomic mass is 79.9. The van der Waals surface area contributed by atoms with E-state index >= 15 is 0 Å².